The summed E-state index contributed by atoms with van der Waals surface area (Å²) in [6, 6.07) is 13.4. The van der Waals surface area contributed by atoms with E-state index < -0.39 is 10.0 Å². The number of nitrogens with one attached hydrogen (secondary N) is 3. The van der Waals surface area contributed by atoms with E-state index in [0.29, 0.717) is 23.7 Å². The van der Waals surface area contributed by atoms with Crippen LogP contribution in [-0.2, 0) is 16.4 Å². The lowest BCUT2D eigenvalue weighted by molar-refractivity contribution is 0.252. The smallest absolute Gasteiger partial charge is 0.319 e. The zero-order chi connectivity index (χ0) is 20.0. The van der Waals surface area contributed by atoms with E-state index in [1.807, 2.05) is 0 Å². The van der Waals surface area contributed by atoms with Gasteiger partial charge in [-0.25, -0.2) is 17.9 Å². The van der Waals surface area contributed by atoms with Crippen molar-refractivity contribution in [2.45, 2.75) is 43.0 Å². The molecule has 1 saturated carbocycles. The quantitative estimate of drug-likeness (QED) is 0.633. The predicted octanol–water partition coefficient (Wildman–Crippen LogP) is 3.93. The first-order chi connectivity index (χ1) is 13.4. The lowest BCUT2D eigenvalue weighted by Gasteiger charge is -2.13. The van der Waals surface area contributed by atoms with Gasteiger partial charge in [0.25, 0.3) is 0 Å². The fraction of sp³-hybridized carbons (Fsp3) is 0.350. The van der Waals surface area contributed by atoms with Gasteiger partial charge >= 0.3 is 6.03 Å². The Hall–Kier alpha value is -2.09. The molecule has 1 fully saturated rings. The summed E-state index contributed by atoms with van der Waals surface area (Å²) in [5.41, 5.74) is 1.57. The third-order valence-electron chi connectivity index (χ3n) is 4.69. The number of hydrogen-bond donors (Lipinski definition) is 3. The molecule has 2 amide bonds. The van der Waals surface area contributed by atoms with Crippen molar-refractivity contribution in [3.63, 3.8) is 0 Å². The second-order valence-electron chi connectivity index (χ2n) is 6.89. The molecule has 2 aromatic carbocycles. The van der Waals surface area contributed by atoms with Gasteiger partial charge in [0.15, 0.2) is 0 Å². The first-order valence-corrected chi connectivity index (χ1v) is 11.2. The van der Waals surface area contributed by atoms with Crippen molar-refractivity contribution in [2.24, 2.45) is 0 Å². The van der Waals surface area contributed by atoms with Crippen molar-refractivity contribution >= 4 is 33.3 Å². The second-order valence-corrected chi connectivity index (χ2v) is 9.04. The lowest BCUT2D eigenvalue weighted by Crippen LogP contribution is -2.32. The minimum Gasteiger partial charge on any atom is -0.338 e. The molecule has 150 valence electrons. The number of halogens is 1. The summed E-state index contributed by atoms with van der Waals surface area (Å²) < 4.78 is 27.6. The first-order valence-electron chi connectivity index (χ1n) is 9.34. The van der Waals surface area contributed by atoms with Gasteiger partial charge in [-0.15, -0.1) is 0 Å². The number of amides is 2. The molecule has 1 aliphatic rings. The van der Waals surface area contributed by atoms with Gasteiger partial charge in [0.05, 0.1) is 4.90 Å². The van der Waals surface area contributed by atoms with Gasteiger partial charge < -0.3 is 10.6 Å². The molecule has 0 heterocycles. The number of carbonyl (C=O) groups excluding carboxylic acids is 1. The van der Waals surface area contributed by atoms with E-state index in [1.165, 1.54) is 0 Å². The summed E-state index contributed by atoms with van der Waals surface area (Å²) in [7, 11) is -3.47. The van der Waals surface area contributed by atoms with E-state index in [-0.39, 0.29) is 17.0 Å². The molecule has 0 unspecified atom stereocenters. The van der Waals surface area contributed by atoms with Gasteiger partial charge in [0.1, 0.15) is 0 Å². The molecule has 3 N–H and O–H groups in total. The first kappa shape index (κ1) is 20.6. The number of rotatable bonds is 7. The van der Waals surface area contributed by atoms with E-state index in [0.717, 1.165) is 31.2 Å². The third kappa shape index (κ3) is 5.95. The minimum atomic E-state index is -3.47. The monoisotopic (exact) mass is 421 g/mol. The predicted molar refractivity (Wildman–Crippen MR) is 111 cm³/mol. The Morgan fingerprint density at radius 1 is 1.07 bits per heavy atom. The van der Waals surface area contributed by atoms with Crippen molar-refractivity contribution < 1.29 is 13.2 Å². The molecule has 3 rings (SSSR count). The maximum atomic E-state index is 12.4. The Bertz CT molecular complexity index is 911. The Labute approximate surface area is 170 Å². The standard InChI is InChI=1S/C20H24ClN3O3S/c21-16-4-3-7-18(14-16)23-20(25)22-13-12-15-8-10-19(11-9-15)28(26,27)24-17-5-1-2-6-17/h3-4,7-11,14,17,24H,1-2,5-6,12-13H2,(H2,22,23,25). The summed E-state index contributed by atoms with van der Waals surface area (Å²) in [4.78, 5) is 12.2. The maximum absolute atomic E-state index is 12.4. The third-order valence-corrected chi connectivity index (χ3v) is 6.46. The average molecular weight is 422 g/mol. The normalized spacial score (nSPS) is 14.8. The largest absolute Gasteiger partial charge is 0.338 e. The van der Waals surface area contributed by atoms with Gasteiger partial charge in [-0.1, -0.05) is 42.6 Å². The summed E-state index contributed by atoms with van der Waals surface area (Å²) in [5, 5.41) is 6.03. The van der Waals surface area contributed by atoms with Crippen LogP contribution in [0.3, 0.4) is 0 Å². The summed E-state index contributed by atoms with van der Waals surface area (Å²) >= 11 is 5.89. The highest BCUT2D eigenvalue weighted by Gasteiger charge is 2.22. The van der Waals surface area contributed by atoms with Gasteiger partial charge in [0.2, 0.25) is 10.0 Å². The van der Waals surface area contributed by atoms with Crippen LogP contribution in [0.1, 0.15) is 31.2 Å². The number of hydrogen-bond acceptors (Lipinski definition) is 3. The molecule has 6 nitrogen and oxygen atoms in total. The second kappa shape index (κ2) is 9.41. The highest BCUT2D eigenvalue weighted by molar-refractivity contribution is 7.89. The summed E-state index contributed by atoms with van der Waals surface area (Å²) in [6.45, 7) is 0.429. The minimum absolute atomic E-state index is 0.0480. The number of carbonyl (C=O) groups is 1. The van der Waals surface area contributed by atoms with Crippen LogP contribution in [0.5, 0.6) is 0 Å². The molecule has 0 aromatic heterocycles. The van der Waals surface area contributed by atoms with Crippen LogP contribution >= 0.6 is 11.6 Å². The Balaban J connectivity index is 1.47. The topological polar surface area (TPSA) is 87.3 Å². The number of benzene rings is 2. The van der Waals surface area contributed by atoms with Gasteiger partial charge in [-0.05, 0) is 55.2 Å². The fourth-order valence-corrected chi connectivity index (χ4v) is 4.72. The van der Waals surface area contributed by atoms with Crippen molar-refractivity contribution in [1.29, 1.82) is 0 Å². The molecule has 0 bridgehead atoms. The number of urea groups is 1. The van der Waals surface area contributed by atoms with E-state index in [1.54, 1.807) is 48.5 Å². The van der Waals surface area contributed by atoms with Gasteiger partial charge in [-0.3, -0.25) is 0 Å². The van der Waals surface area contributed by atoms with Crippen LogP contribution in [0.15, 0.2) is 53.4 Å². The van der Waals surface area contributed by atoms with Crippen LogP contribution in [0.4, 0.5) is 10.5 Å². The van der Waals surface area contributed by atoms with Gasteiger partial charge in [0, 0.05) is 23.3 Å². The van der Waals surface area contributed by atoms with Crippen LogP contribution in [-0.4, -0.2) is 27.0 Å². The Morgan fingerprint density at radius 2 is 1.79 bits per heavy atom. The molecule has 0 radical (unpaired) electrons. The van der Waals surface area contributed by atoms with Crippen LogP contribution < -0.4 is 15.4 Å². The molecule has 2 aromatic rings. The van der Waals surface area contributed by atoms with E-state index in [2.05, 4.69) is 15.4 Å². The molecule has 1 aliphatic carbocycles. The van der Waals surface area contributed by atoms with Crippen LogP contribution in [0.25, 0.3) is 0 Å². The van der Waals surface area contributed by atoms with E-state index in [4.69, 9.17) is 11.6 Å². The van der Waals surface area contributed by atoms with E-state index in [9.17, 15) is 13.2 Å². The van der Waals surface area contributed by atoms with Crippen LogP contribution in [0, 0.1) is 0 Å². The molecule has 28 heavy (non-hydrogen) atoms. The molecular formula is C20H24ClN3O3S. The number of sulfonamides is 1. The summed E-state index contributed by atoms with van der Waals surface area (Å²) in [5.74, 6) is 0. The molecule has 0 aliphatic heterocycles. The van der Waals surface area contributed by atoms with E-state index >= 15 is 0 Å². The Morgan fingerprint density at radius 3 is 2.46 bits per heavy atom. The van der Waals surface area contributed by atoms with Gasteiger partial charge in [-0.2, -0.15) is 0 Å². The maximum Gasteiger partial charge on any atom is 0.319 e. The average Bonchev–Trinajstić information content (AvgIpc) is 3.14. The molecule has 0 spiro atoms. The fourth-order valence-electron chi connectivity index (χ4n) is 3.23. The lowest BCUT2D eigenvalue weighted by atomic mass is 10.1. The molecular weight excluding hydrogens is 398 g/mol. The van der Waals surface area contributed by atoms with Crippen molar-refractivity contribution in [3.05, 3.63) is 59.1 Å². The number of anilines is 1. The van der Waals surface area contributed by atoms with Crippen LogP contribution in [0.2, 0.25) is 5.02 Å². The van der Waals surface area contributed by atoms with Crippen molar-refractivity contribution in [2.75, 3.05) is 11.9 Å². The summed E-state index contributed by atoms with van der Waals surface area (Å²) in [6.07, 6.45) is 4.55. The highest BCUT2D eigenvalue weighted by Crippen LogP contribution is 2.20. The zero-order valence-corrected chi connectivity index (χ0v) is 17.0. The van der Waals surface area contributed by atoms with Crippen molar-refractivity contribution in [1.82, 2.24) is 10.0 Å². The van der Waals surface area contributed by atoms with Crippen molar-refractivity contribution in [3.8, 4) is 0 Å². The SMILES string of the molecule is O=C(NCCc1ccc(S(=O)(=O)NC2CCCC2)cc1)Nc1cccc(Cl)c1. The molecule has 0 saturated heterocycles. The zero-order valence-electron chi connectivity index (χ0n) is 15.4. The Kier molecular flexibility index (Phi) is 6.93. The highest BCUT2D eigenvalue weighted by atomic mass is 35.5. The molecule has 0 atom stereocenters. The molecule has 8 heteroatoms.